The van der Waals surface area contributed by atoms with Crippen molar-refractivity contribution in [2.24, 2.45) is 5.92 Å². The third kappa shape index (κ3) is 3.76. The van der Waals surface area contributed by atoms with Crippen molar-refractivity contribution in [1.29, 1.82) is 0 Å². The Kier molecular flexibility index (Phi) is 5.17. The van der Waals surface area contributed by atoms with Crippen LogP contribution in [0.3, 0.4) is 0 Å². The minimum atomic E-state index is -1.30. The molecular weight excluding hydrogens is 446 g/mol. The van der Waals surface area contributed by atoms with Crippen molar-refractivity contribution in [3.05, 3.63) is 69.3 Å². The number of nitrogens with one attached hydrogen (secondary N) is 1. The minimum Gasteiger partial charge on any atom is -0.477 e. The molecule has 1 saturated heterocycles. The number of hydrogen-bond donors (Lipinski definition) is 2. The van der Waals surface area contributed by atoms with Crippen molar-refractivity contribution in [3.63, 3.8) is 0 Å². The predicted molar refractivity (Wildman–Crippen MR) is 121 cm³/mol. The van der Waals surface area contributed by atoms with Crippen LogP contribution in [-0.2, 0) is 11.3 Å². The Labute approximate surface area is 191 Å². The summed E-state index contributed by atoms with van der Waals surface area (Å²) < 4.78 is 6.77. The fourth-order valence-electron chi connectivity index (χ4n) is 3.84. The lowest BCUT2D eigenvalue weighted by atomic mass is 9.98. The van der Waals surface area contributed by atoms with Crippen molar-refractivity contribution in [1.82, 2.24) is 19.9 Å². The van der Waals surface area contributed by atoms with Gasteiger partial charge in [0.15, 0.2) is 10.8 Å². The number of amides is 1. The number of hydrogen-bond acceptors (Lipinski definition) is 8. The van der Waals surface area contributed by atoms with Crippen LogP contribution < -0.4 is 15.6 Å². The number of pyridine rings is 2. The molecule has 4 aromatic rings. The van der Waals surface area contributed by atoms with E-state index in [9.17, 15) is 19.5 Å². The summed E-state index contributed by atoms with van der Waals surface area (Å²) >= 11 is 1.31. The molecule has 33 heavy (non-hydrogen) atoms. The van der Waals surface area contributed by atoms with E-state index in [4.69, 9.17) is 4.42 Å². The third-order valence-corrected chi connectivity index (χ3v) is 6.36. The van der Waals surface area contributed by atoms with E-state index in [1.165, 1.54) is 22.1 Å². The number of anilines is 1. The highest BCUT2D eigenvalue weighted by Gasteiger charge is 2.34. The average molecular weight is 465 g/mol. The van der Waals surface area contributed by atoms with E-state index in [1.54, 1.807) is 43.0 Å². The number of aromatic carboxylic acids is 1. The summed E-state index contributed by atoms with van der Waals surface area (Å²) in [5, 5.41) is 14.9. The van der Waals surface area contributed by atoms with Gasteiger partial charge < -0.3 is 19.7 Å². The molecule has 11 heteroatoms. The van der Waals surface area contributed by atoms with Gasteiger partial charge in [0.25, 0.3) is 0 Å². The molecule has 0 spiro atoms. The second-order valence-electron chi connectivity index (χ2n) is 7.76. The molecule has 1 aliphatic rings. The van der Waals surface area contributed by atoms with Crippen LogP contribution in [0.15, 0.2) is 51.4 Å². The predicted octanol–water partition coefficient (Wildman–Crippen LogP) is 2.19. The lowest BCUT2D eigenvalue weighted by Crippen LogP contribution is -2.54. The second kappa shape index (κ2) is 8.17. The first-order valence-electron chi connectivity index (χ1n) is 10.2. The topological polar surface area (TPSA) is 131 Å². The summed E-state index contributed by atoms with van der Waals surface area (Å²) in [6.45, 7) is 3.05. The molecule has 4 aromatic heterocycles. The van der Waals surface area contributed by atoms with Gasteiger partial charge in [0.05, 0.1) is 24.1 Å². The summed E-state index contributed by atoms with van der Waals surface area (Å²) in [4.78, 5) is 47.8. The van der Waals surface area contributed by atoms with Gasteiger partial charge in [-0.05, 0) is 30.7 Å². The van der Waals surface area contributed by atoms with E-state index in [1.807, 2.05) is 4.90 Å². The summed E-state index contributed by atoms with van der Waals surface area (Å²) in [6, 6.07) is 5.32. The Morgan fingerprint density at radius 3 is 2.85 bits per heavy atom. The van der Waals surface area contributed by atoms with Crippen LogP contribution in [0.1, 0.15) is 21.7 Å². The molecule has 0 aliphatic carbocycles. The van der Waals surface area contributed by atoms with Crippen LogP contribution in [-0.4, -0.2) is 44.6 Å². The zero-order valence-electron chi connectivity index (χ0n) is 17.5. The van der Waals surface area contributed by atoms with Gasteiger partial charge in [0.2, 0.25) is 11.3 Å². The van der Waals surface area contributed by atoms with E-state index in [2.05, 4.69) is 15.3 Å². The smallest absolute Gasteiger partial charge is 0.341 e. The number of carbonyl (C=O) groups is 2. The largest absolute Gasteiger partial charge is 0.477 e. The number of fused-ring (bicyclic) bond motifs is 1. The maximum Gasteiger partial charge on any atom is 0.341 e. The van der Waals surface area contributed by atoms with E-state index < -0.39 is 11.4 Å². The first-order valence-corrected chi connectivity index (χ1v) is 11.1. The maximum absolute atomic E-state index is 12.9. The Bertz CT molecular complexity index is 1410. The van der Waals surface area contributed by atoms with Crippen molar-refractivity contribution in [2.75, 3.05) is 18.0 Å². The number of furan rings is 1. The van der Waals surface area contributed by atoms with Crippen LogP contribution in [0.25, 0.3) is 16.2 Å². The van der Waals surface area contributed by atoms with Gasteiger partial charge in [-0.3, -0.25) is 14.2 Å². The monoisotopic (exact) mass is 465 g/mol. The molecule has 1 aliphatic heterocycles. The van der Waals surface area contributed by atoms with Crippen molar-refractivity contribution in [3.8, 4) is 5.13 Å². The number of carboxylic acids is 1. The number of carboxylic acid groups (broad SMARTS) is 1. The Morgan fingerprint density at radius 2 is 2.18 bits per heavy atom. The average Bonchev–Trinajstić information content (AvgIpc) is 3.45. The highest BCUT2D eigenvalue weighted by atomic mass is 32.1. The lowest BCUT2D eigenvalue weighted by molar-refractivity contribution is -0.126. The van der Waals surface area contributed by atoms with E-state index >= 15 is 0 Å². The van der Waals surface area contributed by atoms with E-state index in [0.29, 0.717) is 47.6 Å². The quantitative estimate of drug-likeness (QED) is 0.443. The number of thiazole rings is 1. The fourth-order valence-corrected chi connectivity index (χ4v) is 4.45. The maximum atomic E-state index is 12.9. The van der Waals surface area contributed by atoms with Crippen LogP contribution in [0, 0.1) is 12.8 Å². The highest BCUT2D eigenvalue weighted by Crippen LogP contribution is 2.28. The molecule has 0 bridgehead atoms. The number of carbonyl (C=O) groups excluding carboxylic acids is 1. The number of rotatable bonds is 6. The molecule has 5 rings (SSSR count). The van der Waals surface area contributed by atoms with Gasteiger partial charge in [-0.15, -0.1) is 11.3 Å². The summed E-state index contributed by atoms with van der Waals surface area (Å²) in [5.74, 6) is -0.254. The SMILES string of the molecule is Cc1cc(N2CC(C(=O)NCc3ccco3)C2)nc2c1c(=O)c(C(=O)O)cn2-c1nccs1. The Hall–Kier alpha value is -3.99. The van der Waals surface area contributed by atoms with Gasteiger partial charge in [0, 0.05) is 30.9 Å². The van der Waals surface area contributed by atoms with Crippen LogP contribution in [0.2, 0.25) is 0 Å². The summed E-state index contributed by atoms with van der Waals surface area (Å²) in [5.41, 5.74) is 0.0213. The molecule has 2 N–H and O–H groups in total. The van der Waals surface area contributed by atoms with Crippen LogP contribution in [0.5, 0.6) is 0 Å². The minimum absolute atomic E-state index is 0.0639. The normalized spacial score (nSPS) is 13.8. The Balaban J connectivity index is 1.44. The molecule has 1 amide bonds. The molecule has 10 nitrogen and oxygen atoms in total. The summed E-state index contributed by atoms with van der Waals surface area (Å²) in [7, 11) is 0. The number of aryl methyl sites for hydroxylation is 1. The second-order valence-corrected chi connectivity index (χ2v) is 8.63. The molecule has 0 saturated carbocycles. The fraction of sp³-hybridized carbons (Fsp3) is 0.227. The first-order chi connectivity index (χ1) is 15.9. The Morgan fingerprint density at radius 1 is 1.36 bits per heavy atom. The summed E-state index contributed by atoms with van der Waals surface area (Å²) in [6.07, 6.45) is 4.43. The van der Waals surface area contributed by atoms with Gasteiger partial charge in [-0.25, -0.2) is 14.8 Å². The zero-order valence-corrected chi connectivity index (χ0v) is 18.3. The van der Waals surface area contributed by atoms with E-state index in [-0.39, 0.29) is 22.8 Å². The van der Waals surface area contributed by atoms with Crippen LogP contribution >= 0.6 is 11.3 Å². The number of aromatic nitrogens is 3. The van der Waals surface area contributed by atoms with Crippen molar-refractivity contribution >= 4 is 40.1 Å². The molecule has 168 valence electrons. The molecule has 0 aromatic carbocycles. The standard InChI is InChI=1S/C22H19N5O5S/c1-12-7-16(26-9-13(10-26)20(29)24-8-14-3-2-5-32-14)25-19-17(12)18(28)15(21(30)31)11-27(19)22-23-4-6-33-22/h2-7,11,13H,8-10H2,1H3,(H,24,29)(H,30,31). The molecular formula is C22H19N5O5S. The van der Waals surface area contributed by atoms with Crippen molar-refractivity contribution < 1.29 is 19.1 Å². The van der Waals surface area contributed by atoms with Crippen LogP contribution in [0.4, 0.5) is 5.82 Å². The van der Waals surface area contributed by atoms with Crippen molar-refractivity contribution in [2.45, 2.75) is 13.5 Å². The first kappa shape index (κ1) is 20.9. The van der Waals surface area contributed by atoms with Gasteiger partial charge >= 0.3 is 5.97 Å². The zero-order chi connectivity index (χ0) is 23.1. The molecule has 1 fully saturated rings. The molecule has 0 radical (unpaired) electrons. The molecule has 5 heterocycles. The number of nitrogens with zero attached hydrogens (tertiary/aromatic N) is 4. The molecule has 0 unspecified atom stereocenters. The third-order valence-electron chi connectivity index (χ3n) is 5.59. The van der Waals surface area contributed by atoms with Gasteiger partial charge in [-0.2, -0.15) is 0 Å². The highest BCUT2D eigenvalue weighted by molar-refractivity contribution is 7.12. The van der Waals surface area contributed by atoms with E-state index in [0.717, 1.165) is 0 Å². The van der Waals surface area contributed by atoms with Gasteiger partial charge in [-0.1, -0.05) is 0 Å². The lowest BCUT2D eigenvalue weighted by Gasteiger charge is -2.39. The van der Waals surface area contributed by atoms with Gasteiger partial charge in [0.1, 0.15) is 17.1 Å². The molecule has 0 atom stereocenters.